The predicted molar refractivity (Wildman–Crippen MR) is 85.2 cm³/mol. The van der Waals surface area contributed by atoms with Crippen molar-refractivity contribution < 1.29 is 14.6 Å². The zero-order chi connectivity index (χ0) is 15.3. The Morgan fingerprint density at radius 3 is 2.57 bits per heavy atom. The van der Waals surface area contributed by atoms with Crippen molar-refractivity contribution >= 4 is 11.6 Å². The normalized spacial score (nSPS) is 30.1. The number of halogens is 1. The lowest BCUT2D eigenvalue weighted by atomic mass is 9.94. The van der Waals surface area contributed by atoms with Crippen LogP contribution in [0.15, 0.2) is 22.8 Å². The van der Waals surface area contributed by atoms with Gasteiger partial charge in [-0.2, -0.15) is 0 Å². The van der Waals surface area contributed by atoms with Crippen molar-refractivity contribution in [2.75, 3.05) is 6.61 Å². The fourth-order valence-electron chi connectivity index (χ4n) is 3.25. The molecule has 1 heterocycles. The van der Waals surface area contributed by atoms with Crippen molar-refractivity contribution in [3.8, 4) is 0 Å². The number of hydrogen-bond donors (Lipinski definition) is 1. The third-order valence-electron chi connectivity index (χ3n) is 4.31. The highest BCUT2D eigenvalue weighted by atomic mass is 35.5. The van der Waals surface area contributed by atoms with E-state index in [0.717, 1.165) is 42.7 Å². The van der Waals surface area contributed by atoms with E-state index in [9.17, 15) is 5.11 Å². The molecule has 3 nitrogen and oxygen atoms in total. The monoisotopic (exact) mass is 314 g/mol. The van der Waals surface area contributed by atoms with Gasteiger partial charge in [-0.05, 0) is 38.2 Å². The summed E-state index contributed by atoms with van der Waals surface area (Å²) in [4.78, 5) is 0. The van der Waals surface area contributed by atoms with E-state index in [2.05, 4.69) is 13.0 Å². The summed E-state index contributed by atoms with van der Waals surface area (Å²) < 4.78 is 12.6. The summed E-state index contributed by atoms with van der Waals surface area (Å²) in [7, 11) is 0. The van der Waals surface area contributed by atoms with Crippen LogP contribution in [0.4, 0.5) is 0 Å². The number of ether oxygens (including phenoxy) is 2. The van der Waals surface area contributed by atoms with Crippen molar-refractivity contribution in [2.24, 2.45) is 0 Å². The molecule has 1 saturated carbocycles. The first-order valence-electron chi connectivity index (χ1n) is 8.11. The molecule has 21 heavy (non-hydrogen) atoms. The maximum atomic E-state index is 9.33. The number of hydrogen-bond acceptors (Lipinski definition) is 3. The second kappa shape index (κ2) is 7.77. The number of aliphatic hydroxyl groups excluding tert-OH is 1. The molecule has 1 aliphatic heterocycles. The lowest BCUT2D eigenvalue weighted by Crippen LogP contribution is -2.33. The first-order valence-corrected chi connectivity index (χ1v) is 8.49. The van der Waals surface area contributed by atoms with Crippen LogP contribution in [0.3, 0.4) is 0 Å². The molecule has 0 aromatic rings. The van der Waals surface area contributed by atoms with Crippen LogP contribution in [0.2, 0.25) is 0 Å². The summed E-state index contributed by atoms with van der Waals surface area (Å²) in [5, 5.41) is 10.1. The lowest BCUT2D eigenvalue weighted by molar-refractivity contribution is -0.192. The van der Waals surface area contributed by atoms with Crippen LogP contribution in [0, 0.1) is 0 Å². The van der Waals surface area contributed by atoms with Gasteiger partial charge in [-0.15, -0.1) is 0 Å². The summed E-state index contributed by atoms with van der Waals surface area (Å²) in [6.07, 6.45) is 10.8. The number of rotatable bonds is 5. The van der Waals surface area contributed by atoms with E-state index >= 15 is 0 Å². The molecule has 2 rings (SSSR count). The third kappa shape index (κ3) is 4.10. The van der Waals surface area contributed by atoms with Gasteiger partial charge in [-0.25, -0.2) is 0 Å². The van der Waals surface area contributed by atoms with Gasteiger partial charge in [0, 0.05) is 24.5 Å². The SMILES string of the molecule is CC/C=C\C(=C(/C)Cl)C1OC2(CCCCC2)OC1CCO. The Morgan fingerprint density at radius 2 is 2.00 bits per heavy atom. The summed E-state index contributed by atoms with van der Waals surface area (Å²) in [5.41, 5.74) is 0.986. The highest BCUT2D eigenvalue weighted by Gasteiger charge is 2.48. The predicted octanol–water partition coefficient (Wildman–Crippen LogP) is 4.29. The Balaban J connectivity index is 2.22. The summed E-state index contributed by atoms with van der Waals surface area (Å²) in [6, 6.07) is 0. The maximum Gasteiger partial charge on any atom is 0.169 e. The fraction of sp³-hybridized carbons (Fsp3) is 0.765. The quantitative estimate of drug-likeness (QED) is 0.769. The Bertz CT molecular complexity index is 393. The standard InChI is InChI=1S/C17H27ClO3/c1-3-4-8-14(13(2)18)16-15(9-12-19)20-17(21-16)10-6-5-7-11-17/h4,8,15-16,19H,3,5-7,9-12H2,1-2H3/b8-4-,14-13-. The van der Waals surface area contributed by atoms with Gasteiger partial charge < -0.3 is 14.6 Å². The Kier molecular flexibility index (Phi) is 6.30. The van der Waals surface area contributed by atoms with Crippen LogP contribution in [0.25, 0.3) is 0 Å². The van der Waals surface area contributed by atoms with Crippen molar-refractivity contribution in [2.45, 2.75) is 76.8 Å². The molecule has 0 aromatic heterocycles. The molecule has 2 aliphatic rings. The molecule has 1 spiro atoms. The second-order valence-corrected chi connectivity index (χ2v) is 6.54. The van der Waals surface area contributed by atoms with Gasteiger partial charge in [0.15, 0.2) is 5.79 Å². The second-order valence-electron chi connectivity index (χ2n) is 5.98. The zero-order valence-electron chi connectivity index (χ0n) is 13.1. The van der Waals surface area contributed by atoms with Gasteiger partial charge >= 0.3 is 0 Å². The van der Waals surface area contributed by atoms with Crippen LogP contribution in [0.5, 0.6) is 0 Å². The number of aliphatic hydroxyl groups is 1. The summed E-state index contributed by atoms with van der Waals surface area (Å²) in [5.74, 6) is -0.458. The zero-order valence-corrected chi connectivity index (χ0v) is 13.9. The van der Waals surface area contributed by atoms with Crippen molar-refractivity contribution in [1.82, 2.24) is 0 Å². The van der Waals surface area contributed by atoms with Crippen LogP contribution >= 0.6 is 11.6 Å². The van der Waals surface area contributed by atoms with E-state index < -0.39 is 5.79 Å². The van der Waals surface area contributed by atoms with Gasteiger partial charge in [0.25, 0.3) is 0 Å². The molecule has 2 atom stereocenters. The van der Waals surface area contributed by atoms with Crippen LogP contribution in [-0.4, -0.2) is 29.7 Å². The van der Waals surface area contributed by atoms with E-state index in [0.29, 0.717) is 6.42 Å². The van der Waals surface area contributed by atoms with E-state index in [4.69, 9.17) is 21.1 Å². The first-order chi connectivity index (χ1) is 10.1. The molecule has 120 valence electrons. The molecule has 2 fully saturated rings. The maximum absolute atomic E-state index is 9.33. The molecule has 1 N–H and O–H groups in total. The topological polar surface area (TPSA) is 38.7 Å². The first kappa shape index (κ1) is 17.0. The van der Waals surface area contributed by atoms with Gasteiger partial charge in [0.1, 0.15) is 6.10 Å². The molecule has 0 radical (unpaired) electrons. The fourth-order valence-corrected chi connectivity index (χ4v) is 3.42. The van der Waals surface area contributed by atoms with Gasteiger partial charge in [0.2, 0.25) is 0 Å². The van der Waals surface area contributed by atoms with Crippen LogP contribution < -0.4 is 0 Å². The molecular weight excluding hydrogens is 288 g/mol. The molecule has 1 saturated heterocycles. The molecule has 2 unspecified atom stereocenters. The van der Waals surface area contributed by atoms with Gasteiger partial charge in [-0.1, -0.05) is 37.1 Å². The average Bonchev–Trinajstić information content (AvgIpc) is 2.78. The highest BCUT2D eigenvalue weighted by molar-refractivity contribution is 6.29. The van der Waals surface area contributed by atoms with Crippen LogP contribution in [0.1, 0.15) is 58.8 Å². The number of allylic oxidation sites excluding steroid dienone is 2. The van der Waals surface area contributed by atoms with Gasteiger partial charge in [0.05, 0.1) is 6.10 Å². The Hall–Kier alpha value is -0.350. The van der Waals surface area contributed by atoms with E-state index in [1.807, 2.05) is 13.0 Å². The van der Waals surface area contributed by atoms with Crippen molar-refractivity contribution in [3.63, 3.8) is 0 Å². The lowest BCUT2D eigenvalue weighted by Gasteiger charge is -2.32. The van der Waals surface area contributed by atoms with Crippen molar-refractivity contribution in [1.29, 1.82) is 0 Å². The minimum absolute atomic E-state index is 0.104. The molecule has 0 bridgehead atoms. The minimum atomic E-state index is -0.458. The van der Waals surface area contributed by atoms with E-state index in [1.54, 1.807) is 0 Å². The summed E-state index contributed by atoms with van der Waals surface area (Å²) in [6.45, 7) is 4.09. The van der Waals surface area contributed by atoms with E-state index in [1.165, 1.54) is 6.42 Å². The average molecular weight is 315 g/mol. The summed E-state index contributed by atoms with van der Waals surface area (Å²) >= 11 is 6.28. The smallest absolute Gasteiger partial charge is 0.169 e. The third-order valence-corrected chi connectivity index (χ3v) is 4.53. The Morgan fingerprint density at radius 1 is 1.29 bits per heavy atom. The largest absolute Gasteiger partial charge is 0.396 e. The van der Waals surface area contributed by atoms with Crippen molar-refractivity contribution in [3.05, 3.63) is 22.8 Å². The minimum Gasteiger partial charge on any atom is -0.396 e. The molecular formula is C17H27ClO3. The molecule has 0 aromatic carbocycles. The Labute approximate surface area is 133 Å². The highest BCUT2D eigenvalue weighted by Crippen LogP contribution is 2.44. The molecule has 0 amide bonds. The van der Waals surface area contributed by atoms with Gasteiger partial charge in [-0.3, -0.25) is 0 Å². The molecule has 1 aliphatic carbocycles. The van der Waals surface area contributed by atoms with Crippen LogP contribution in [-0.2, 0) is 9.47 Å². The molecule has 4 heteroatoms. The van der Waals surface area contributed by atoms with E-state index in [-0.39, 0.29) is 18.8 Å².